The van der Waals surface area contributed by atoms with Gasteiger partial charge in [-0.15, -0.1) is 10.2 Å². The fraction of sp³-hybridized carbons (Fsp3) is 0.200. The Labute approximate surface area is 171 Å². The quantitative estimate of drug-likeness (QED) is 0.550. The first-order valence-corrected chi connectivity index (χ1v) is 9.44. The van der Waals surface area contributed by atoms with Crippen molar-refractivity contribution < 1.29 is 9.53 Å². The van der Waals surface area contributed by atoms with Crippen molar-refractivity contribution in [1.82, 2.24) is 40.3 Å². The second-order valence-corrected chi connectivity index (χ2v) is 6.95. The number of fused-ring (bicyclic) bond motifs is 3. The second-order valence-electron chi connectivity index (χ2n) is 6.95. The molecule has 0 radical (unpaired) electrons. The van der Waals surface area contributed by atoms with Gasteiger partial charge in [-0.2, -0.15) is 4.68 Å². The van der Waals surface area contributed by atoms with E-state index in [1.54, 1.807) is 15.7 Å². The van der Waals surface area contributed by atoms with Crippen LogP contribution < -0.4 is 10.1 Å². The topological polar surface area (TPSA) is 113 Å². The van der Waals surface area contributed by atoms with Gasteiger partial charge in [0.1, 0.15) is 30.4 Å². The number of ether oxygens (including phenoxy) is 1. The van der Waals surface area contributed by atoms with Crippen molar-refractivity contribution in [3.63, 3.8) is 0 Å². The van der Waals surface area contributed by atoms with Crippen molar-refractivity contribution in [2.45, 2.75) is 19.5 Å². The molecular formula is C20H18N8O2. The third kappa shape index (κ3) is 3.28. The lowest BCUT2D eigenvalue weighted by atomic mass is 10.1. The number of para-hydroxylation sites is 2. The molecule has 0 fully saturated rings. The van der Waals surface area contributed by atoms with E-state index in [2.05, 4.69) is 30.9 Å². The number of aryl methyl sites for hydroxylation is 1. The van der Waals surface area contributed by atoms with Crippen molar-refractivity contribution in [2.24, 2.45) is 0 Å². The molecule has 0 saturated heterocycles. The molecule has 0 saturated carbocycles. The Bertz CT molecular complexity index is 1210. The highest BCUT2D eigenvalue weighted by Crippen LogP contribution is 2.28. The Kier molecular flexibility index (Phi) is 4.43. The molecule has 1 amide bonds. The van der Waals surface area contributed by atoms with Crippen molar-refractivity contribution in [1.29, 1.82) is 0 Å². The molecule has 0 unspecified atom stereocenters. The van der Waals surface area contributed by atoms with Crippen LogP contribution in [0.15, 0.2) is 54.9 Å². The molecule has 0 aliphatic carbocycles. The lowest BCUT2D eigenvalue weighted by Gasteiger charge is -2.13. The molecule has 10 heteroatoms. The SMILES string of the molecule is Cc1ccccc1Cn1cnc(C(=O)N[C@H]2COc3ccccc3-n3nnnc32)n1. The minimum absolute atomic E-state index is 0.0735. The van der Waals surface area contributed by atoms with Gasteiger partial charge in [0.25, 0.3) is 5.91 Å². The molecule has 150 valence electrons. The number of amides is 1. The van der Waals surface area contributed by atoms with Gasteiger partial charge in [0, 0.05) is 0 Å². The molecule has 5 rings (SSSR count). The number of nitrogens with zero attached hydrogens (tertiary/aromatic N) is 7. The van der Waals surface area contributed by atoms with Gasteiger partial charge in [0.05, 0.1) is 6.54 Å². The Morgan fingerprint density at radius 3 is 2.93 bits per heavy atom. The fourth-order valence-electron chi connectivity index (χ4n) is 3.35. The monoisotopic (exact) mass is 402 g/mol. The van der Waals surface area contributed by atoms with Crippen LogP contribution in [0.25, 0.3) is 5.69 Å². The van der Waals surface area contributed by atoms with Gasteiger partial charge in [-0.05, 0) is 40.6 Å². The predicted octanol–water partition coefficient (Wildman–Crippen LogP) is 1.47. The zero-order valence-corrected chi connectivity index (χ0v) is 16.1. The van der Waals surface area contributed by atoms with Crippen LogP contribution in [-0.4, -0.2) is 47.5 Å². The summed E-state index contributed by atoms with van der Waals surface area (Å²) in [5.74, 6) is 0.771. The van der Waals surface area contributed by atoms with E-state index in [-0.39, 0.29) is 12.4 Å². The lowest BCUT2D eigenvalue weighted by molar-refractivity contribution is 0.0909. The van der Waals surface area contributed by atoms with E-state index in [4.69, 9.17) is 4.74 Å². The Hall–Kier alpha value is -4.08. The van der Waals surface area contributed by atoms with Crippen LogP contribution in [0.4, 0.5) is 0 Å². The molecule has 0 spiro atoms. The summed E-state index contributed by atoms with van der Waals surface area (Å²) in [6.07, 6.45) is 1.55. The van der Waals surface area contributed by atoms with E-state index in [1.165, 1.54) is 0 Å². The molecule has 1 aliphatic heterocycles. The van der Waals surface area contributed by atoms with Crippen molar-refractivity contribution >= 4 is 5.91 Å². The number of aromatic nitrogens is 7. The number of hydrogen-bond acceptors (Lipinski definition) is 7. The molecule has 10 nitrogen and oxygen atoms in total. The summed E-state index contributed by atoms with van der Waals surface area (Å²) in [5, 5.41) is 19.1. The highest BCUT2D eigenvalue weighted by atomic mass is 16.5. The molecule has 2 aromatic heterocycles. The average Bonchev–Trinajstić information content (AvgIpc) is 3.40. The smallest absolute Gasteiger partial charge is 0.291 e. The first-order valence-electron chi connectivity index (χ1n) is 9.44. The summed E-state index contributed by atoms with van der Waals surface area (Å²) in [6, 6.07) is 14.9. The van der Waals surface area contributed by atoms with Gasteiger partial charge in [-0.1, -0.05) is 36.4 Å². The maximum atomic E-state index is 12.8. The lowest BCUT2D eigenvalue weighted by Crippen LogP contribution is -2.34. The van der Waals surface area contributed by atoms with Crippen LogP contribution in [0.3, 0.4) is 0 Å². The Morgan fingerprint density at radius 2 is 2.03 bits per heavy atom. The van der Waals surface area contributed by atoms with Crippen LogP contribution in [0.1, 0.15) is 33.6 Å². The normalized spacial score (nSPS) is 14.9. The number of carbonyl (C=O) groups is 1. The Balaban J connectivity index is 1.34. The number of hydrogen-bond donors (Lipinski definition) is 1. The van der Waals surface area contributed by atoms with Gasteiger partial charge < -0.3 is 10.1 Å². The minimum Gasteiger partial charge on any atom is -0.489 e. The number of benzene rings is 2. The third-order valence-corrected chi connectivity index (χ3v) is 4.94. The summed E-state index contributed by atoms with van der Waals surface area (Å²) in [4.78, 5) is 16.9. The molecule has 4 aromatic rings. The summed E-state index contributed by atoms with van der Waals surface area (Å²) >= 11 is 0. The maximum Gasteiger partial charge on any atom is 0.291 e. The van der Waals surface area contributed by atoms with E-state index in [9.17, 15) is 4.79 Å². The highest BCUT2D eigenvalue weighted by Gasteiger charge is 2.28. The molecule has 1 aliphatic rings. The van der Waals surface area contributed by atoms with Gasteiger partial charge in [0.15, 0.2) is 5.82 Å². The molecule has 0 bridgehead atoms. The zero-order chi connectivity index (χ0) is 20.5. The van der Waals surface area contributed by atoms with E-state index in [0.717, 1.165) is 16.8 Å². The molecule has 2 aromatic carbocycles. The average molecular weight is 402 g/mol. The highest BCUT2D eigenvalue weighted by molar-refractivity contribution is 5.90. The summed E-state index contributed by atoms with van der Waals surface area (Å²) in [5.41, 5.74) is 2.99. The molecule has 30 heavy (non-hydrogen) atoms. The number of carbonyl (C=O) groups excluding carboxylic acids is 1. The standard InChI is InChI=1S/C20H18N8O2/c1-13-6-2-3-7-14(13)10-27-12-21-18(24-27)20(29)22-15-11-30-17-9-5-4-8-16(17)28-19(15)23-25-26-28/h2-9,12,15H,10-11H2,1H3,(H,22,29)/t15-/m0/s1. The second kappa shape index (κ2) is 7.39. The van der Waals surface area contributed by atoms with E-state index < -0.39 is 11.9 Å². The zero-order valence-electron chi connectivity index (χ0n) is 16.1. The van der Waals surface area contributed by atoms with Crippen LogP contribution in [-0.2, 0) is 6.54 Å². The van der Waals surface area contributed by atoms with Crippen molar-refractivity contribution in [2.75, 3.05) is 6.61 Å². The minimum atomic E-state index is -0.553. The number of nitrogens with one attached hydrogen (secondary N) is 1. The molecule has 3 heterocycles. The van der Waals surface area contributed by atoms with Crippen LogP contribution in [0.2, 0.25) is 0 Å². The van der Waals surface area contributed by atoms with Crippen molar-refractivity contribution in [3.8, 4) is 11.4 Å². The van der Waals surface area contributed by atoms with Gasteiger partial charge >= 0.3 is 0 Å². The maximum absolute atomic E-state index is 12.8. The number of rotatable bonds is 4. The summed E-state index contributed by atoms with van der Waals surface area (Å²) in [6.45, 7) is 2.76. The third-order valence-electron chi connectivity index (χ3n) is 4.94. The first kappa shape index (κ1) is 18.0. The summed E-state index contributed by atoms with van der Waals surface area (Å²) in [7, 11) is 0. The Morgan fingerprint density at radius 1 is 1.20 bits per heavy atom. The predicted molar refractivity (Wildman–Crippen MR) is 105 cm³/mol. The summed E-state index contributed by atoms with van der Waals surface area (Å²) < 4.78 is 9.05. The van der Waals surface area contributed by atoms with Crippen LogP contribution in [0, 0.1) is 6.92 Å². The van der Waals surface area contributed by atoms with Gasteiger partial charge in [0.2, 0.25) is 5.82 Å². The van der Waals surface area contributed by atoms with Crippen LogP contribution in [0.5, 0.6) is 5.75 Å². The largest absolute Gasteiger partial charge is 0.489 e. The van der Waals surface area contributed by atoms with Crippen molar-refractivity contribution in [3.05, 3.63) is 77.6 Å². The van der Waals surface area contributed by atoms with E-state index in [1.807, 2.05) is 55.5 Å². The van der Waals surface area contributed by atoms with Gasteiger partial charge in [-0.3, -0.25) is 4.79 Å². The van der Waals surface area contributed by atoms with E-state index in [0.29, 0.717) is 18.1 Å². The molecule has 1 atom stereocenters. The molecular weight excluding hydrogens is 384 g/mol. The first-order chi connectivity index (χ1) is 14.7. The van der Waals surface area contributed by atoms with E-state index >= 15 is 0 Å². The number of tetrazole rings is 1. The fourth-order valence-corrected chi connectivity index (χ4v) is 3.35. The van der Waals surface area contributed by atoms with Crippen LogP contribution >= 0.6 is 0 Å². The van der Waals surface area contributed by atoms with Gasteiger partial charge in [-0.25, -0.2) is 9.67 Å². The molecule has 1 N–H and O–H groups in total.